The van der Waals surface area contributed by atoms with Crippen LogP contribution in [0.25, 0.3) is 11.0 Å². The molecule has 2 rings (SSSR count). The van der Waals surface area contributed by atoms with Crippen LogP contribution in [-0.2, 0) is 6.42 Å². The van der Waals surface area contributed by atoms with Crippen LogP contribution in [-0.4, -0.2) is 22.6 Å². The standard InChI is InChI=1S/C12H15F2N3/c1-7(2)15-4-3-12-16-10-5-8(13)9(14)6-11(10)17-12/h5-7,15H,3-4H2,1-2H3,(H,16,17). The Bertz CT molecular complexity index is 481. The van der Waals surface area contributed by atoms with Gasteiger partial charge in [0, 0.05) is 31.1 Å². The van der Waals surface area contributed by atoms with Gasteiger partial charge < -0.3 is 10.3 Å². The summed E-state index contributed by atoms with van der Waals surface area (Å²) in [6, 6.07) is 2.66. The molecule has 1 aromatic heterocycles. The van der Waals surface area contributed by atoms with Crippen molar-refractivity contribution in [3.63, 3.8) is 0 Å². The molecule has 2 N–H and O–H groups in total. The van der Waals surface area contributed by atoms with Crippen molar-refractivity contribution in [3.8, 4) is 0 Å². The number of nitrogens with zero attached hydrogens (tertiary/aromatic N) is 1. The second-order valence-electron chi connectivity index (χ2n) is 4.33. The fourth-order valence-electron chi connectivity index (χ4n) is 1.66. The highest BCUT2D eigenvalue weighted by Crippen LogP contribution is 2.16. The van der Waals surface area contributed by atoms with Crippen LogP contribution in [0.5, 0.6) is 0 Å². The summed E-state index contributed by atoms with van der Waals surface area (Å²) in [7, 11) is 0. The Balaban J connectivity index is 2.14. The van der Waals surface area contributed by atoms with Gasteiger partial charge in [0.05, 0.1) is 11.0 Å². The van der Waals surface area contributed by atoms with Crippen molar-refractivity contribution in [1.29, 1.82) is 0 Å². The van der Waals surface area contributed by atoms with Crippen molar-refractivity contribution in [3.05, 3.63) is 29.6 Å². The van der Waals surface area contributed by atoms with Crippen LogP contribution in [0.4, 0.5) is 8.78 Å². The molecule has 0 unspecified atom stereocenters. The summed E-state index contributed by atoms with van der Waals surface area (Å²) >= 11 is 0. The van der Waals surface area contributed by atoms with Gasteiger partial charge >= 0.3 is 0 Å². The molecular weight excluding hydrogens is 224 g/mol. The van der Waals surface area contributed by atoms with Crippen LogP contribution in [0.2, 0.25) is 0 Å². The number of H-pyrrole nitrogens is 1. The van der Waals surface area contributed by atoms with Crippen LogP contribution < -0.4 is 5.32 Å². The second kappa shape index (κ2) is 4.79. The predicted octanol–water partition coefficient (Wildman–Crippen LogP) is 2.38. The Morgan fingerprint density at radius 3 is 2.71 bits per heavy atom. The van der Waals surface area contributed by atoms with Gasteiger partial charge in [-0.3, -0.25) is 0 Å². The van der Waals surface area contributed by atoms with E-state index in [9.17, 15) is 8.78 Å². The molecule has 2 aromatic rings. The third kappa shape index (κ3) is 2.79. The molecule has 0 amide bonds. The maximum absolute atomic E-state index is 13.0. The van der Waals surface area contributed by atoms with E-state index in [1.807, 2.05) is 0 Å². The lowest BCUT2D eigenvalue weighted by atomic mass is 10.3. The van der Waals surface area contributed by atoms with E-state index >= 15 is 0 Å². The SMILES string of the molecule is CC(C)NCCc1nc2cc(F)c(F)cc2[nH]1. The van der Waals surface area contributed by atoms with Gasteiger partial charge in [-0.05, 0) is 0 Å². The number of aromatic nitrogens is 2. The quantitative estimate of drug-likeness (QED) is 0.860. The summed E-state index contributed by atoms with van der Waals surface area (Å²) in [6.07, 6.45) is 0.704. The van der Waals surface area contributed by atoms with Crippen LogP contribution in [0, 0.1) is 11.6 Å². The topological polar surface area (TPSA) is 40.7 Å². The van der Waals surface area contributed by atoms with Gasteiger partial charge in [0.15, 0.2) is 11.6 Å². The lowest BCUT2D eigenvalue weighted by Gasteiger charge is -2.05. The van der Waals surface area contributed by atoms with Crippen LogP contribution in [0.15, 0.2) is 12.1 Å². The lowest BCUT2D eigenvalue weighted by Crippen LogP contribution is -2.25. The first-order valence-electron chi connectivity index (χ1n) is 5.63. The van der Waals surface area contributed by atoms with Gasteiger partial charge in [0.25, 0.3) is 0 Å². The predicted molar refractivity (Wildman–Crippen MR) is 62.9 cm³/mol. The van der Waals surface area contributed by atoms with Crippen molar-refractivity contribution in [2.45, 2.75) is 26.3 Å². The Morgan fingerprint density at radius 1 is 1.29 bits per heavy atom. The first kappa shape index (κ1) is 12.0. The zero-order valence-corrected chi connectivity index (χ0v) is 9.85. The lowest BCUT2D eigenvalue weighted by molar-refractivity contribution is 0.510. The van der Waals surface area contributed by atoms with E-state index in [4.69, 9.17) is 0 Å². The van der Waals surface area contributed by atoms with Gasteiger partial charge in [0.1, 0.15) is 5.82 Å². The molecule has 92 valence electrons. The number of fused-ring (bicyclic) bond motifs is 1. The molecule has 0 atom stereocenters. The van der Waals surface area contributed by atoms with Gasteiger partial charge in [-0.2, -0.15) is 0 Å². The largest absolute Gasteiger partial charge is 0.342 e. The molecule has 1 heterocycles. The normalized spacial score (nSPS) is 11.6. The molecule has 0 bridgehead atoms. The Kier molecular flexibility index (Phi) is 3.38. The van der Waals surface area contributed by atoms with Gasteiger partial charge in [-0.25, -0.2) is 13.8 Å². The molecule has 0 aliphatic heterocycles. The second-order valence-corrected chi connectivity index (χ2v) is 4.33. The van der Waals surface area contributed by atoms with Gasteiger partial charge in [-0.1, -0.05) is 13.8 Å². The highest BCUT2D eigenvalue weighted by atomic mass is 19.2. The summed E-state index contributed by atoms with van der Waals surface area (Å²) in [5.41, 5.74) is 0.992. The van der Waals surface area contributed by atoms with Crippen molar-refractivity contribution in [2.75, 3.05) is 6.54 Å². The Morgan fingerprint density at radius 2 is 2.00 bits per heavy atom. The molecule has 0 aliphatic rings. The number of aromatic amines is 1. The average molecular weight is 239 g/mol. The highest BCUT2D eigenvalue weighted by Gasteiger charge is 2.08. The maximum Gasteiger partial charge on any atom is 0.161 e. The molecule has 0 saturated heterocycles. The molecule has 0 radical (unpaired) electrons. The fourth-order valence-corrected chi connectivity index (χ4v) is 1.66. The Hall–Kier alpha value is -1.49. The molecule has 0 spiro atoms. The molecule has 17 heavy (non-hydrogen) atoms. The number of halogens is 2. The van der Waals surface area contributed by atoms with Gasteiger partial charge in [0.2, 0.25) is 0 Å². The van der Waals surface area contributed by atoms with E-state index in [1.54, 1.807) is 0 Å². The summed E-state index contributed by atoms with van der Waals surface area (Å²) in [4.78, 5) is 7.19. The maximum atomic E-state index is 13.0. The molecule has 0 aliphatic carbocycles. The number of hydrogen-bond donors (Lipinski definition) is 2. The van der Waals surface area contributed by atoms with Crippen LogP contribution in [0.3, 0.4) is 0 Å². The zero-order chi connectivity index (χ0) is 12.4. The third-order valence-corrected chi connectivity index (χ3v) is 2.49. The first-order chi connectivity index (χ1) is 8.06. The smallest absolute Gasteiger partial charge is 0.161 e. The van der Waals surface area contributed by atoms with Crippen molar-refractivity contribution >= 4 is 11.0 Å². The number of nitrogens with one attached hydrogen (secondary N) is 2. The summed E-state index contributed by atoms with van der Waals surface area (Å²) < 4.78 is 26.0. The average Bonchev–Trinajstić information content (AvgIpc) is 2.60. The van der Waals surface area contributed by atoms with Crippen molar-refractivity contribution in [2.24, 2.45) is 0 Å². The minimum atomic E-state index is -0.865. The zero-order valence-electron chi connectivity index (χ0n) is 9.85. The molecule has 0 fully saturated rings. The molecule has 5 heteroatoms. The highest BCUT2D eigenvalue weighted by molar-refractivity contribution is 5.75. The van der Waals surface area contributed by atoms with E-state index < -0.39 is 11.6 Å². The van der Waals surface area contributed by atoms with Crippen molar-refractivity contribution < 1.29 is 8.78 Å². The van der Waals surface area contributed by atoms with Gasteiger partial charge in [-0.15, -0.1) is 0 Å². The monoisotopic (exact) mass is 239 g/mol. The van der Waals surface area contributed by atoms with E-state index in [1.165, 1.54) is 0 Å². The number of benzene rings is 1. The van der Waals surface area contributed by atoms with Crippen LogP contribution in [0.1, 0.15) is 19.7 Å². The third-order valence-electron chi connectivity index (χ3n) is 2.49. The molecule has 0 saturated carbocycles. The minimum Gasteiger partial charge on any atom is -0.342 e. The van der Waals surface area contributed by atoms with Crippen LogP contribution >= 0.6 is 0 Å². The van der Waals surface area contributed by atoms with E-state index in [-0.39, 0.29) is 0 Å². The summed E-state index contributed by atoms with van der Waals surface area (Å²) in [5, 5.41) is 3.25. The molecule has 1 aromatic carbocycles. The number of hydrogen-bond acceptors (Lipinski definition) is 2. The molecular formula is C12H15F2N3. The number of rotatable bonds is 4. The first-order valence-corrected chi connectivity index (χ1v) is 5.63. The molecule has 3 nitrogen and oxygen atoms in total. The van der Waals surface area contributed by atoms with E-state index in [0.717, 1.165) is 24.5 Å². The minimum absolute atomic E-state index is 0.411. The van der Waals surface area contributed by atoms with E-state index in [0.29, 0.717) is 23.5 Å². The van der Waals surface area contributed by atoms with E-state index in [2.05, 4.69) is 29.1 Å². The summed E-state index contributed by atoms with van der Waals surface area (Å²) in [6.45, 7) is 4.90. The fraction of sp³-hybridized carbons (Fsp3) is 0.417. The van der Waals surface area contributed by atoms with Crippen molar-refractivity contribution in [1.82, 2.24) is 15.3 Å². The number of imidazole rings is 1. The Labute approximate surface area is 98.2 Å². The summed E-state index contributed by atoms with van der Waals surface area (Å²) in [5.74, 6) is -0.984.